The highest BCUT2D eigenvalue weighted by Crippen LogP contribution is 2.40. The molecule has 1 aromatic heterocycles. The van der Waals surface area contributed by atoms with Gasteiger partial charge in [-0.3, -0.25) is 4.79 Å². The lowest BCUT2D eigenvalue weighted by atomic mass is 10.0. The first-order chi connectivity index (χ1) is 15.1. The zero-order valence-corrected chi connectivity index (χ0v) is 17.6. The van der Waals surface area contributed by atoms with Crippen LogP contribution in [0.5, 0.6) is 11.5 Å². The predicted molar refractivity (Wildman–Crippen MR) is 111 cm³/mol. The van der Waals surface area contributed by atoms with E-state index in [-0.39, 0.29) is 40.6 Å². The lowest BCUT2D eigenvalue weighted by molar-refractivity contribution is -0.152. The summed E-state index contributed by atoms with van der Waals surface area (Å²) in [5, 5.41) is -0.0753. The predicted octanol–water partition coefficient (Wildman–Crippen LogP) is 5.07. The van der Waals surface area contributed by atoms with E-state index in [1.165, 1.54) is 37.4 Å². The van der Waals surface area contributed by atoms with Crippen LogP contribution in [-0.4, -0.2) is 26.3 Å². The highest BCUT2D eigenvalue weighted by Gasteiger charge is 2.40. The molecule has 6 nitrogen and oxygen atoms in total. The smallest absolute Gasteiger partial charge is 0.450 e. The molecule has 3 rings (SSSR count). The van der Waals surface area contributed by atoms with Gasteiger partial charge < -0.3 is 18.6 Å². The van der Waals surface area contributed by atoms with Crippen molar-refractivity contribution < 1.29 is 36.6 Å². The molecule has 0 bridgehead atoms. The molecule has 0 saturated heterocycles. The molecule has 0 saturated carbocycles. The normalized spacial score (nSPS) is 11.6. The van der Waals surface area contributed by atoms with Gasteiger partial charge in [0.05, 0.1) is 24.7 Å². The van der Waals surface area contributed by atoms with Crippen molar-refractivity contribution in [2.75, 3.05) is 20.3 Å². The minimum absolute atomic E-state index is 0.0359. The molecule has 170 valence electrons. The second-order valence-electron chi connectivity index (χ2n) is 7.36. The Balaban J connectivity index is 2.05. The van der Waals surface area contributed by atoms with Crippen LogP contribution in [0.4, 0.5) is 13.2 Å². The maximum absolute atomic E-state index is 13.8. The minimum atomic E-state index is -4.94. The van der Waals surface area contributed by atoms with E-state index >= 15 is 0 Å². The minimum Gasteiger partial charge on any atom is -0.496 e. The van der Waals surface area contributed by atoms with Crippen LogP contribution in [-0.2, 0) is 15.7 Å². The van der Waals surface area contributed by atoms with Crippen molar-refractivity contribution in [2.24, 2.45) is 5.92 Å². The van der Waals surface area contributed by atoms with Crippen molar-refractivity contribution in [3.8, 4) is 22.6 Å². The first-order valence-corrected chi connectivity index (χ1v) is 9.71. The van der Waals surface area contributed by atoms with Crippen LogP contribution in [0.1, 0.15) is 19.6 Å². The van der Waals surface area contributed by atoms with Gasteiger partial charge in [-0.05, 0) is 24.1 Å². The molecule has 0 aliphatic heterocycles. The number of fused-ring (bicyclic) bond motifs is 1. The van der Waals surface area contributed by atoms with Gasteiger partial charge in [0.15, 0.2) is 6.61 Å². The Morgan fingerprint density at radius 3 is 2.50 bits per heavy atom. The summed E-state index contributed by atoms with van der Waals surface area (Å²) in [6, 6.07) is 9.67. The molecule has 0 fully saturated rings. The summed E-state index contributed by atoms with van der Waals surface area (Å²) < 4.78 is 62.0. The molecular formula is C23H21F3O6. The Morgan fingerprint density at radius 2 is 1.84 bits per heavy atom. The Labute approximate surface area is 181 Å². The van der Waals surface area contributed by atoms with Crippen molar-refractivity contribution in [1.82, 2.24) is 0 Å². The van der Waals surface area contributed by atoms with E-state index < -0.39 is 35.5 Å². The molecule has 1 heterocycles. The first kappa shape index (κ1) is 23.2. The molecule has 32 heavy (non-hydrogen) atoms. The van der Waals surface area contributed by atoms with Crippen LogP contribution < -0.4 is 14.9 Å². The zero-order valence-electron chi connectivity index (χ0n) is 17.6. The topological polar surface area (TPSA) is 75.0 Å². The molecule has 3 aromatic rings. The highest BCUT2D eigenvalue weighted by molar-refractivity contribution is 5.85. The van der Waals surface area contributed by atoms with Crippen LogP contribution >= 0.6 is 0 Å². The second kappa shape index (κ2) is 9.33. The number of rotatable bonds is 7. The quantitative estimate of drug-likeness (QED) is 0.468. The van der Waals surface area contributed by atoms with E-state index in [1.54, 1.807) is 6.07 Å². The summed E-state index contributed by atoms with van der Waals surface area (Å²) in [6.07, 6.45) is -4.94. The van der Waals surface area contributed by atoms with Gasteiger partial charge in [-0.15, -0.1) is 0 Å². The molecule has 0 spiro atoms. The number of benzene rings is 2. The van der Waals surface area contributed by atoms with Gasteiger partial charge in [-0.1, -0.05) is 32.0 Å². The van der Waals surface area contributed by atoms with E-state index in [1.807, 2.05) is 13.8 Å². The summed E-state index contributed by atoms with van der Waals surface area (Å²) in [4.78, 5) is 24.8. The van der Waals surface area contributed by atoms with Crippen molar-refractivity contribution in [3.05, 3.63) is 58.4 Å². The molecule has 2 aromatic carbocycles. The third kappa shape index (κ3) is 5.04. The molecule has 0 N–H and O–H groups in total. The first-order valence-electron chi connectivity index (χ1n) is 9.71. The summed E-state index contributed by atoms with van der Waals surface area (Å²) in [6.45, 7) is 3.53. The van der Waals surface area contributed by atoms with E-state index in [0.29, 0.717) is 0 Å². The Morgan fingerprint density at radius 1 is 1.12 bits per heavy atom. The summed E-state index contributed by atoms with van der Waals surface area (Å²) in [5.41, 5.74) is -1.88. The highest BCUT2D eigenvalue weighted by atomic mass is 19.4. The van der Waals surface area contributed by atoms with Crippen molar-refractivity contribution in [2.45, 2.75) is 20.0 Å². The summed E-state index contributed by atoms with van der Waals surface area (Å²) in [7, 11) is 1.30. The number of hydrogen-bond acceptors (Lipinski definition) is 6. The van der Waals surface area contributed by atoms with E-state index in [9.17, 15) is 22.8 Å². The summed E-state index contributed by atoms with van der Waals surface area (Å²) >= 11 is 0. The van der Waals surface area contributed by atoms with Crippen LogP contribution in [0.15, 0.2) is 51.7 Å². The van der Waals surface area contributed by atoms with Crippen molar-refractivity contribution in [3.63, 3.8) is 0 Å². The molecule has 9 heteroatoms. The summed E-state index contributed by atoms with van der Waals surface area (Å²) in [5.74, 6) is -1.77. The molecule has 0 radical (unpaired) electrons. The number of carbonyl (C=O) groups excluding carboxylic acids is 1. The number of carbonyl (C=O) groups is 1. The standard InChI is InChI=1S/C23H21F3O6/c1-13(2)11-31-19(27)12-30-14-8-9-16-18(10-14)32-22(23(24,25)26)20(21(16)28)15-6-4-5-7-17(15)29-3/h4-10,13H,11-12H2,1-3H3. The maximum atomic E-state index is 13.8. The molecule has 0 aliphatic rings. The Kier molecular flexibility index (Phi) is 6.76. The average molecular weight is 450 g/mol. The molecule has 0 aliphatic carbocycles. The number of ether oxygens (including phenoxy) is 3. The monoisotopic (exact) mass is 450 g/mol. The van der Waals surface area contributed by atoms with Crippen LogP contribution in [0.25, 0.3) is 22.1 Å². The van der Waals surface area contributed by atoms with Crippen molar-refractivity contribution in [1.29, 1.82) is 0 Å². The van der Waals surface area contributed by atoms with Gasteiger partial charge in [-0.2, -0.15) is 13.2 Å². The third-order valence-corrected chi connectivity index (χ3v) is 4.43. The lowest BCUT2D eigenvalue weighted by Gasteiger charge is -2.15. The fourth-order valence-electron chi connectivity index (χ4n) is 3.00. The van der Waals surface area contributed by atoms with Gasteiger partial charge in [0.1, 0.15) is 17.1 Å². The molecule has 0 atom stereocenters. The van der Waals surface area contributed by atoms with Gasteiger partial charge in [0, 0.05) is 11.6 Å². The molecular weight excluding hydrogens is 429 g/mol. The molecule has 0 unspecified atom stereocenters. The number of esters is 1. The van der Waals surface area contributed by atoms with Crippen LogP contribution in [0.2, 0.25) is 0 Å². The van der Waals surface area contributed by atoms with Gasteiger partial charge >= 0.3 is 12.1 Å². The number of methoxy groups -OCH3 is 1. The maximum Gasteiger partial charge on any atom is 0.450 e. The van der Waals surface area contributed by atoms with E-state index in [4.69, 9.17) is 18.6 Å². The largest absolute Gasteiger partial charge is 0.496 e. The zero-order chi connectivity index (χ0) is 23.5. The van der Waals surface area contributed by atoms with E-state index in [0.717, 1.165) is 6.07 Å². The average Bonchev–Trinajstić information content (AvgIpc) is 2.75. The van der Waals surface area contributed by atoms with Gasteiger partial charge in [-0.25, -0.2) is 4.79 Å². The van der Waals surface area contributed by atoms with Crippen LogP contribution in [0, 0.1) is 5.92 Å². The van der Waals surface area contributed by atoms with Gasteiger partial charge in [0.2, 0.25) is 11.2 Å². The number of alkyl halides is 3. The number of para-hydroxylation sites is 1. The lowest BCUT2D eigenvalue weighted by Crippen LogP contribution is -2.18. The number of hydrogen-bond donors (Lipinski definition) is 0. The second-order valence-corrected chi connectivity index (χ2v) is 7.36. The molecule has 0 amide bonds. The van der Waals surface area contributed by atoms with E-state index in [2.05, 4.69) is 0 Å². The van der Waals surface area contributed by atoms with Crippen molar-refractivity contribution >= 4 is 16.9 Å². The number of halogens is 3. The SMILES string of the molecule is COc1ccccc1-c1c(C(F)(F)F)oc2cc(OCC(=O)OCC(C)C)ccc2c1=O. The third-order valence-electron chi connectivity index (χ3n) is 4.43. The fraction of sp³-hybridized carbons (Fsp3) is 0.304. The Bertz CT molecular complexity index is 1180. The van der Waals surface area contributed by atoms with Gasteiger partial charge in [0.25, 0.3) is 0 Å². The van der Waals surface area contributed by atoms with Crippen LogP contribution in [0.3, 0.4) is 0 Å². The Hall–Kier alpha value is -3.49. The fourth-order valence-corrected chi connectivity index (χ4v) is 3.00.